The third kappa shape index (κ3) is 5.17. The minimum Gasteiger partial charge on any atom is -0.383 e. The number of nitrogens with one attached hydrogen (secondary N) is 2. The molecule has 0 aliphatic heterocycles. The summed E-state index contributed by atoms with van der Waals surface area (Å²) >= 11 is 0. The molecule has 0 saturated heterocycles. The minimum absolute atomic E-state index is 0.0903. The van der Waals surface area contributed by atoms with Gasteiger partial charge in [-0.05, 0) is 35.2 Å². The SMILES string of the molecule is COCCNC(=O)c1cccc(C(=O)Nc2ccccc2C(C)(C)C)c1. The van der Waals surface area contributed by atoms with Gasteiger partial charge in [-0.1, -0.05) is 45.0 Å². The number of benzene rings is 2. The first-order valence-electron chi connectivity index (χ1n) is 8.61. The van der Waals surface area contributed by atoms with Crippen LogP contribution in [0, 0.1) is 0 Å². The van der Waals surface area contributed by atoms with Crippen molar-refractivity contribution >= 4 is 17.5 Å². The Hall–Kier alpha value is -2.66. The highest BCUT2D eigenvalue weighted by Gasteiger charge is 2.19. The van der Waals surface area contributed by atoms with Gasteiger partial charge in [0.05, 0.1) is 6.61 Å². The van der Waals surface area contributed by atoms with Gasteiger partial charge in [0, 0.05) is 30.5 Å². The Morgan fingerprint density at radius 2 is 1.62 bits per heavy atom. The predicted molar refractivity (Wildman–Crippen MR) is 104 cm³/mol. The zero-order chi connectivity index (χ0) is 19.2. The molecule has 2 rings (SSSR count). The number of hydrogen-bond acceptors (Lipinski definition) is 3. The van der Waals surface area contributed by atoms with Crippen molar-refractivity contribution in [2.45, 2.75) is 26.2 Å². The third-order valence-electron chi connectivity index (χ3n) is 3.96. The highest BCUT2D eigenvalue weighted by molar-refractivity contribution is 6.06. The summed E-state index contributed by atoms with van der Waals surface area (Å²) in [6, 6.07) is 14.4. The highest BCUT2D eigenvalue weighted by atomic mass is 16.5. The van der Waals surface area contributed by atoms with Gasteiger partial charge in [-0.25, -0.2) is 0 Å². The van der Waals surface area contributed by atoms with E-state index in [0.29, 0.717) is 24.3 Å². The third-order valence-corrected chi connectivity index (χ3v) is 3.96. The average Bonchev–Trinajstić information content (AvgIpc) is 2.61. The van der Waals surface area contributed by atoms with Gasteiger partial charge in [-0.3, -0.25) is 9.59 Å². The summed E-state index contributed by atoms with van der Waals surface area (Å²) < 4.78 is 4.92. The number of rotatable bonds is 6. The molecule has 2 aromatic rings. The van der Waals surface area contributed by atoms with E-state index < -0.39 is 0 Å². The van der Waals surface area contributed by atoms with Crippen LogP contribution in [0.15, 0.2) is 48.5 Å². The van der Waals surface area contributed by atoms with Gasteiger partial charge >= 0.3 is 0 Å². The molecule has 0 saturated carbocycles. The number of carbonyl (C=O) groups excluding carboxylic acids is 2. The van der Waals surface area contributed by atoms with E-state index in [9.17, 15) is 9.59 Å². The van der Waals surface area contributed by atoms with Gasteiger partial charge in [-0.2, -0.15) is 0 Å². The predicted octanol–water partition coefficient (Wildman–Crippen LogP) is 3.61. The van der Waals surface area contributed by atoms with Crippen LogP contribution in [-0.4, -0.2) is 32.1 Å². The molecule has 2 N–H and O–H groups in total. The average molecular weight is 354 g/mol. The Morgan fingerprint density at radius 3 is 2.27 bits per heavy atom. The van der Waals surface area contributed by atoms with E-state index >= 15 is 0 Å². The van der Waals surface area contributed by atoms with Crippen molar-refractivity contribution in [2.24, 2.45) is 0 Å². The summed E-state index contributed by atoms with van der Waals surface area (Å²) in [5.74, 6) is -0.472. The Balaban J connectivity index is 2.16. The van der Waals surface area contributed by atoms with E-state index in [4.69, 9.17) is 4.74 Å². The van der Waals surface area contributed by atoms with E-state index in [2.05, 4.69) is 31.4 Å². The molecule has 0 fully saturated rings. The molecule has 0 atom stereocenters. The van der Waals surface area contributed by atoms with Crippen molar-refractivity contribution in [1.82, 2.24) is 5.32 Å². The molecule has 0 bridgehead atoms. The molecule has 0 radical (unpaired) electrons. The van der Waals surface area contributed by atoms with Gasteiger partial charge in [0.15, 0.2) is 0 Å². The number of methoxy groups -OCH3 is 1. The molecule has 5 heteroatoms. The fourth-order valence-corrected chi connectivity index (χ4v) is 2.61. The molecule has 2 amide bonds. The van der Waals surface area contributed by atoms with Crippen LogP contribution >= 0.6 is 0 Å². The fourth-order valence-electron chi connectivity index (χ4n) is 2.61. The van der Waals surface area contributed by atoms with Gasteiger partial charge in [0.1, 0.15) is 0 Å². The smallest absolute Gasteiger partial charge is 0.255 e. The maximum atomic E-state index is 12.7. The van der Waals surface area contributed by atoms with Gasteiger partial charge in [0.25, 0.3) is 11.8 Å². The maximum absolute atomic E-state index is 12.7. The van der Waals surface area contributed by atoms with Crippen LogP contribution in [0.1, 0.15) is 47.1 Å². The van der Waals surface area contributed by atoms with Gasteiger partial charge in [-0.15, -0.1) is 0 Å². The molecule has 0 heterocycles. The lowest BCUT2D eigenvalue weighted by Crippen LogP contribution is -2.27. The number of ether oxygens (including phenoxy) is 1. The summed E-state index contributed by atoms with van der Waals surface area (Å²) in [6.45, 7) is 7.16. The summed E-state index contributed by atoms with van der Waals surface area (Å²) in [7, 11) is 1.58. The molecule has 0 aliphatic rings. The number of anilines is 1. The number of carbonyl (C=O) groups is 2. The molecular weight excluding hydrogens is 328 g/mol. The van der Waals surface area contributed by atoms with Crippen molar-refractivity contribution in [3.8, 4) is 0 Å². The number of hydrogen-bond donors (Lipinski definition) is 2. The quantitative estimate of drug-likeness (QED) is 0.779. The standard InChI is InChI=1S/C21H26N2O3/c1-21(2,3)17-10-5-6-11-18(17)23-20(25)16-9-7-8-15(14-16)19(24)22-12-13-26-4/h5-11,14H,12-13H2,1-4H3,(H,22,24)(H,23,25). The van der Waals surface area contributed by atoms with Crippen molar-refractivity contribution in [3.05, 3.63) is 65.2 Å². The maximum Gasteiger partial charge on any atom is 0.255 e. The second-order valence-electron chi connectivity index (χ2n) is 7.08. The van der Waals surface area contributed by atoms with Crippen LogP contribution in [0.3, 0.4) is 0 Å². The summed E-state index contributed by atoms with van der Waals surface area (Å²) in [5, 5.41) is 5.71. The van der Waals surface area contributed by atoms with Crippen LogP contribution in [0.2, 0.25) is 0 Å². The Labute approximate surface area is 154 Å². The highest BCUT2D eigenvalue weighted by Crippen LogP contribution is 2.29. The molecule has 0 unspecified atom stereocenters. The molecule has 26 heavy (non-hydrogen) atoms. The van der Waals surface area contributed by atoms with Crippen LogP contribution in [0.4, 0.5) is 5.69 Å². The zero-order valence-electron chi connectivity index (χ0n) is 15.8. The van der Waals surface area contributed by atoms with E-state index in [-0.39, 0.29) is 17.2 Å². The van der Waals surface area contributed by atoms with E-state index in [1.807, 2.05) is 24.3 Å². The van der Waals surface area contributed by atoms with Crippen LogP contribution < -0.4 is 10.6 Å². The van der Waals surface area contributed by atoms with Crippen LogP contribution in [-0.2, 0) is 10.2 Å². The lowest BCUT2D eigenvalue weighted by atomic mass is 9.86. The van der Waals surface area contributed by atoms with E-state index in [0.717, 1.165) is 11.3 Å². The first kappa shape index (κ1) is 19.7. The van der Waals surface area contributed by atoms with Crippen LogP contribution in [0.5, 0.6) is 0 Å². The molecule has 0 aromatic heterocycles. The molecule has 2 aromatic carbocycles. The molecular formula is C21H26N2O3. The lowest BCUT2D eigenvalue weighted by molar-refractivity contribution is 0.0937. The van der Waals surface area contributed by atoms with Gasteiger partial charge < -0.3 is 15.4 Å². The Kier molecular flexibility index (Phi) is 6.52. The largest absolute Gasteiger partial charge is 0.383 e. The van der Waals surface area contributed by atoms with Crippen molar-refractivity contribution in [1.29, 1.82) is 0 Å². The molecule has 0 spiro atoms. The van der Waals surface area contributed by atoms with Crippen molar-refractivity contribution < 1.29 is 14.3 Å². The van der Waals surface area contributed by atoms with E-state index in [1.165, 1.54) is 0 Å². The monoisotopic (exact) mass is 354 g/mol. The first-order chi connectivity index (χ1) is 12.3. The first-order valence-corrected chi connectivity index (χ1v) is 8.61. The minimum atomic E-state index is -0.242. The molecule has 0 aliphatic carbocycles. The normalized spacial score (nSPS) is 11.1. The second kappa shape index (κ2) is 8.63. The fraction of sp³-hybridized carbons (Fsp3) is 0.333. The lowest BCUT2D eigenvalue weighted by Gasteiger charge is -2.23. The number of para-hydroxylation sites is 1. The number of amides is 2. The Bertz CT molecular complexity index is 779. The molecule has 138 valence electrons. The topological polar surface area (TPSA) is 67.4 Å². The van der Waals surface area contributed by atoms with Gasteiger partial charge in [0.2, 0.25) is 0 Å². The zero-order valence-corrected chi connectivity index (χ0v) is 15.8. The Morgan fingerprint density at radius 1 is 0.962 bits per heavy atom. The summed E-state index contributed by atoms with van der Waals surface area (Å²) in [5.41, 5.74) is 2.63. The van der Waals surface area contributed by atoms with Crippen molar-refractivity contribution in [3.63, 3.8) is 0 Å². The van der Waals surface area contributed by atoms with Crippen LogP contribution in [0.25, 0.3) is 0 Å². The van der Waals surface area contributed by atoms with E-state index in [1.54, 1.807) is 31.4 Å². The molecule has 5 nitrogen and oxygen atoms in total. The summed E-state index contributed by atoms with van der Waals surface area (Å²) in [4.78, 5) is 24.8. The summed E-state index contributed by atoms with van der Waals surface area (Å²) in [6.07, 6.45) is 0. The second-order valence-corrected chi connectivity index (χ2v) is 7.08. The van der Waals surface area contributed by atoms with Crippen molar-refractivity contribution in [2.75, 3.05) is 25.6 Å².